The molecule has 2 aromatic heterocycles. The molecule has 2 amide bonds. The molecule has 1 saturated heterocycles. The number of aromatic nitrogens is 3. The third-order valence-electron chi connectivity index (χ3n) is 10.7. The standard InChI is InChI=1S/C39H39N5O6/c1-41-20-29(27-8-5-9-28(27)38(41)47)24-16-33(49-3)30(34(17-24)50-4)21-43-18-23-12-11-22(15-25(23)19-43)26-7-6-10-31-36(26)42(2)39(48)44(31)32-13-14-35(45)40-37(32)46/h6-7,10-12,15-17,20,32H,5,8-9,13-14,18-19,21H2,1-4H3,(H,40,45,46). The number of amides is 2. The van der Waals surface area contributed by atoms with Crippen LogP contribution in [0.3, 0.4) is 0 Å². The van der Waals surface area contributed by atoms with E-state index in [-0.39, 0.29) is 30.0 Å². The minimum absolute atomic E-state index is 0.0833. The van der Waals surface area contributed by atoms with Crippen LogP contribution in [0.1, 0.15) is 53.1 Å². The summed E-state index contributed by atoms with van der Waals surface area (Å²) in [5, 5.41) is 2.38. The Bertz CT molecular complexity index is 2340. The van der Waals surface area contributed by atoms with Gasteiger partial charge in [0, 0.05) is 63.0 Å². The Kier molecular flexibility index (Phi) is 7.75. The van der Waals surface area contributed by atoms with Crippen molar-refractivity contribution in [3.63, 3.8) is 0 Å². The van der Waals surface area contributed by atoms with E-state index in [0.717, 1.165) is 88.3 Å². The zero-order valence-electron chi connectivity index (χ0n) is 28.7. The fourth-order valence-electron chi connectivity index (χ4n) is 8.23. The maximum Gasteiger partial charge on any atom is 0.329 e. The van der Waals surface area contributed by atoms with Crippen molar-refractivity contribution in [2.24, 2.45) is 14.1 Å². The van der Waals surface area contributed by atoms with Gasteiger partial charge in [-0.3, -0.25) is 33.7 Å². The molecule has 11 heteroatoms. The zero-order chi connectivity index (χ0) is 34.8. The summed E-state index contributed by atoms with van der Waals surface area (Å²) in [5.41, 5.74) is 10.5. The molecule has 8 rings (SSSR count). The van der Waals surface area contributed by atoms with Crippen molar-refractivity contribution in [3.05, 3.63) is 103 Å². The van der Waals surface area contributed by atoms with Gasteiger partial charge in [-0.25, -0.2) is 4.79 Å². The van der Waals surface area contributed by atoms with Crippen molar-refractivity contribution < 1.29 is 19.1 Å². The smallest absolute Gasteiger partial charge is 0.329 e. The molecule has 11 nitrogen and oxygen atoms in total. The number of imidazole rings is 1. The van der Waals surface area contributed by atoms with Gasteiger partial charge in [-0.2, -0.15) is 0 Å². The molecule has 1 aliphatic carbocycles. The number of para-hydroxylation sites is 1. The van der Waals surface area contributed by atoms with Gasteiger partial charge in [0.05, 0.1) is 30.8 Å². The molecule has 1 N–H and O–H groups in total. The summed E-state index contributed by atoms with van der Waals surface area (Å²) in [6.07, 6.45) is 5.08. The number of imide groups is 1. The predicted octanol–water partition coefficient (Wildman–Crippen LogP) is 4.37. The Hall–Kier alpha value is -5.42. The second-order valence-electron chi connectivity index (χ2n) is 13.6. The van der Waals surface area contributed by atoms with Crippen LogP contribution < -0.4 is 26.0 Å². The lowest BCUT2D eigenvalue weighted by Crippen LogP contribution is -2.44. The number of methoxy groups -OCH3 is 2. The van der Waals surface area contributed by atoms with E-state index in [0.29, 0.717) is 12.1 Å². The number of piperidine rings is 1. The largest absolute Gasteiger partial charge is 0.496 e. The van der Waals surface area contributed by atoms with Gasteiger partial charge in [-0.05, 0) is 77.8 Å². The third-order valence-corrected chi connectivity index (χ3v) is 10.7. The average molecular weight is 674 g/mol. The molecule has 5 aromatic rings. The zero-order valence-corrected chi connectivity index (χ0v) is 28.7. The molecule has 0 saturated carbocycles. The van der Waals surface area contributed by atoms with Crippen molar-refractivity contribution in [1.82, 2.24) is 23.9 Å². The van der Waals surface area contributed by atoms with Gasteiger partial charge in [0.15, 0.2) is 0 Å². The number of nitrogens with one attached hydrogen (secondary N) is 1. The first-order valence-corrected chi connectivity index (χ1v) is 17.0. The highest BCUT2D eigenvalue weighted by Gasteiger charge is 2.32. The molecular weight excluding hydrogens is 634 g/mol. The van der Waals surface area contributed by atoms with E-state index in [1.54, 1.807) is 30.4 Å². The van der Waals surface area contributed by atoms with Gasteiger partial charge in [-0.15, -0.1) is 0 Å². The molecule has 4 heterocycles. The maximum absolute atomic E-state index is 13.5. The highest BCUT2D eigenvalue weighted by molar-refractivity contribution is 6.01. The summed E-state index contributed by atoms with van der Waals surface area (Å²) in [7, 11) is 6.89. The molecule has 2 aliphatic heterocycles. The SMILES string of the molecule is COc1cc(-c2cn(C)c(=O)c3c2CCC3)cc(OC)c1CN1Cc2ccc(-c3cccc4c3n(C)c(=O)n4C3CCC(=O)NC3=O)cc2C1. The molecular formula is C39H39N5O6. The van der Waals surface area contributed by atoms with Crippen LogP contribution in [0.5, 0.6) is 11.5 Å². The number of aryl methyl sites for hydroxylation is 2. The Morgan fingerprint density at radius 2 is 1.56 bits per heavy atom. The second-order valence-corrected chi connectivity index (χ2v) is 13.6. The van der Waals surface area contributed by atoms with Gasteiger partial charge in [0.25, 0.3) is 5.56 Å². The summed E-state index contributed by atoms with van der Waals surface area (Å²) in [6.45, 7) is 2.09. The topological polar surface area (TPSA) is 117 Å². The highest BCUT2D eigenvalue weighted by atomic mass is 16.5. The summed E-state index contributed by atoms with van der Waals surface area (Å²) in [4.78, 5) is 53.2. The lowest BCUT2D eigenvalue weighted by molar-refractivity contribution is -0.135. The van der Waals surface area contributed by atoms with Gasteiger partial charge < -0.3 is 14.0 Å². The minimum atomic E-state index is -0.738. The molecule has 1 fully saturated rings. The van der Waals surface area contributed by atoms with Crippen molar-refractivity contribution in [2.75, 3.05) is 14.2 Å². The monoisotopic (exact) mass is 673 g/mol. The number of hydrogen-bond donors (Lipinski definition) is 1. The molecule has 0 spiro atoms. The number of hydrogen-bond acceptors (Lipinski definition) is 7. The first kappa shape index (κ1) is 31.8. The number of nitrogens with zero attached hydrogens (tertiary/aromatic N) is 4. The normalized spacial score (nSPS) is 17.2. The minimum Gasteiger partial charge on any atom is -0.496 e. The third kappa shape index (κ3) is 5.06. The molecule has 0 bridgehead atoms. The predicted molar refractivity (Wildman–Crippen MR) is 189 cm³/mol. The van der Waals surface area contributed by atoms with Crippen molar-refractivity contribution in [1.29, 1.82) is 0 Å². The number of pyridine rings is 1. The molecule has 3 aromatic carbocycles. The summed E-state index contributed by atoms with van der Waals surface area (Å²) >= 11 is 0. The first-order valence-electron chi connectivity index (χ1n) is 17.0. The van der Waals surface area contributed by atoms with E-state index < -0.39 is 11.9 Å². The van der Waals surface area contributed by atoms with Crippen molar-refractivity contribution in [3.8, 4) is 33.8 Å². The highest BCUT2D eigenvalue weighted by Crippen LogP contribution is 2.40. The van der Waals surface area contributed by atoms with Gasteiger partial charge >= 0.3 is 5.69 Å². The average Bonchev–Trinajstić information content (AvgIpc) is 3.83. The fourth-order valence-corrected chi connectivity index (χ4v) is 8.23. The van der Waals surface area contributed by atoms with Crippen LogP contribution in [0.15, 0.2) is 64.3 Å². The van der Waals surface area contributed by atoms with E-state index in [2.05, 4.69) is 40.5 Å². The lowest BCUT2D eigenvalue weighted by Gasteiger charge is -2.22. The van der Waals surface area contributed by atoms with Crippen LogP contribution in [-0.4, -0.2) is 44.6 Å². The first-order chi connectivity index (χ1) is 24.2. The summed E-state index contributed by atoms with van der Waals surface area (Å²) in [6, 6.07) is 15.6. The number of benzene rings is 3. The molecule has 256 valence electrons. The van der Waals surface area contributed by atoms with Crippen LogP contribution >= 0.6 is 0 Å². The molecule has 1 unspecified atom stereocenters. The second kappa shape index (κ2) is 12.2. The van der Waals surface area contributed by atoms with Crippen LogP contribution in [-0.2, 0) is 56.2 Å². The quantitative estimate of drug-likeness (QED) is 0.255. The van der Waals surface area contributed by atoms with E-state index in [9.17, 15) is 19.2 Å². The summed E-state index contributed by atoms with van der Waals surface area (Å²) < 4.78 is 16.7. The van der Waals surface area contributed by atoms with E-state index in [1.165, 1.54) is 15.7 Å². The van der Waals surface area contributed by atoms with Crippen LogP contribution in [0, 0.1) is 0 Å². The van der Waals surface area contributed by atoms with Crippen molar-refractivity contribution in [2.45, 2.75) is 57.8 Å². The Balaban J connectivity index is 1.10. The molecule has 0 radical (unpaired) electrons. The van der Waals surface area contributed by atoms with Crippen LogP contribution in [0.25, 0.3) is 33.3 Å². The van der Waals surface area contributed by atoms with E-state index in [1.807, 2.05) is 31.4 Å². The Morgan fingerprint density at radius 1 is 0.820 bits per heavy atom. The molecule has 1 atom stereocenters. The maximum atomic E-state index is 13.5. The van der Waals surface area contributed by atoms with Gasteiger partial charge in [-0.1, -0.05) is 24.3 Å². The number of rotatable bonds is 7. The number of fused-ring (bicyclic) bond motifs is 3. The molecule has 50 heavy (non-hydrogen) atoms. The lowest BCUT2D eigenvalue weighted by atomic mass is 9.97. The Labute approximate surface area is 288 Å². The van der Waals surface area contributed by atoms with Crippen LogP contribution in [0.2, 0.25) is 0 Å². The molecule has 3 aliphatic rings. The summed E-state index contributed by atoms with van der Waals surface area (Å²) in [5.74, 6) is 0.720. The number of carbonyl (C=O) groups excluding carboxylic acids is 2. The van der Waals surface area contributed by atoms with Crippen molar-refractivity contribution >= 4 is 22.8 Å². The number of carbonyl (C=O) groups is 2. The fraction of sp³-hybridized carbons (Fsp3) is 0.333. The van der Waals surface area contributed by atoms with Gasteiger partial charge in [0.1, 0.15) is 17.5 Å². The van der Waals surface area contributed by atoms with Crippen LogP contribution in [0.4, 0.5) is 0 Å². The van der Waals surface area contributed by atoms with E-state index in [4.69, 9.17) is 9.47 Å². The van der Waals surface area contributed by atoms with Gasteiger partial charge in [0.2, 0.25) is 11.8 Å². The number of ether oxygens (including phenoxy) is 2. The Morgan fingerprint density at radius 3 is 2.30 bits per heavy atom. The van der Waals surface area contributed by atoms with E-state index >= 15 is 0 Å².